The maximum Gasteiger partial charge on any atom is 0.263 e. The smallest absolute Gasteiger partial charge is 0.263 e. The normalized spacial score (nSPS) is 14.2. The van der Waals surface area contributed by atoms with Crippen LogP contribution in [-0.2, 0) is 0 Å². The highest BCUT2D eigenvalue weighted by Gasteiger charge is 2.28. The summed E-state index contributed by atoms with van der Waals surface area (Å²) in [6.07, 6.45) is 3.48. The molecule has 0 bridgehead atoms. The van der Waals surface area contributed by atoms with Crippen molar-refractivity contribution in [1.29, 1.82) is 0 Å². The fourth-order valence-corrected chi connectivity index (χ4v) is 3.20. The first-order valence-electron chi connectivity index (χ1n) is 7.04. The summed E-state index contributed by atoms with van der Waals surface area (Å²) in [6, 6.07) is 0. The molecule has 20 heavy (non-hydrogen) atoms. The number of carbonyl (C=O) groups excluding carboxylic acids is 1. The molecule has 6 heteroatoms. The predicted octanol–water partition coefficient (Wildman–Crippen LogP) is 2.32. The lowest BCUT2D eigenvalue weighted by Gasteiger charge is -2.18. The molecule has 1 amide bonds. The number of amides is 1. The molecule has 5 nitrogen and oxygen atoms in total. The molecule has 1 saturated carbocycles. The fraction of sp³-hybridized carbons (Fsp3) is 0.643. The maximum atomic E-state index is 12.1. The number of methoxy groups -OCH3 is 1. The number of anilines is 2. The Morgan fingerprint density at radius 1 is 1.55 bits per heavy atom. The van der Waals surface area contributed by atoms with E-state index < -0.39 is 0 Å². The number of rotatable bonds is 7. The largest absolute Gasteiger partial charge is 0.492 e. The molecule has 0 atom stereocenters. The second kappa shape index (κ2) is 6.35. The van der Waals surface area contributed by atoms with Gasteiger partial charge in [-0.1, -0.05) is 6.92 Å². The van der Waals surface area contributed by atoms with E-state index in [2.05, 4.69) is 10.2 Å². The van der Waals surface area contributed by atoms with E-state index in [-0.39, 0.29) is 5.91 Å². The van der Waals surface area contributed by atoms with E-state index >= 15 is 0 Å². The molecule has 1 aromatic heterocycles. The molecule has 3 N–H and O–H groups in total. The van der Waals surface area contributed by atoms with E-state index in [1.165, 1.54) is 24.2 Å². The van der Waals surface area contributed by atoms with Crippen LogP contribution in [0.4, 0.5) is 10.7 Å². The van der Waals surface area contributed by atoms with Gasteiger partial charge in [-0.15, -0.1) is 11.3 Å². The number of carbonyl (C=O) groups is 1. The first-order valence-corrected chi connectivity index (χ1v) is 7.85. The summed E-state index contributed by atoms with van der Waals surface area (Å²) in [7, 11) is 3.63. The van der Waals surface area contributed by atoms with Crippen molar-refractivity contribution in [2.75, 3.05) is 37.9 Å². The van der Waals surface area contributed by atoms with Crippen LogP contribution in [0.5, 0.6) is 5.75 Å². The van der Waals surface area contributed by atoms with Crippen LogP contribution in [0.15, 0.2) is 0 Å². The third-order valence-electron chi connectivity index (χ3n) is 3.40. The lowest BCUT2D eigenvalue weighted by molar-refractivity contribution is 0.0958. The summed E-state index contributed by atoms with van der Waals surface area (Å²) in [5, 5.41) is 3.81. The van der Waals surface area contributed by atoms with Gasteiger partial charge in [0, 0.05) is 20.1 Å². The second-order valence-corrected chi connectivity index (χ2v) is 6.26. The summed E-state index contributed by atoms with van der Waals surface area (Å²) in [6.45, 7) is 3.67. The lowest BCUT2D eigenvalue weighted by atomic mass is 10.3. The Labute approximate surface area is 124 Å². The van der Waals surface area contributed by atoms with Gasteiger partial charge in [-0.3, -0.25) is 4.79 Å². The van der Waals surface area contributed by atoms with Gasteiger partial charge in [0.15, 0.2) is 5.75 Å². The molecular formula is C14H23N3O2S. The van der Waals surface area contributed by atoms with E-state index in [9.17, 15) is 4.79 Å². The van der Waals surface area contributed by atoms with Crippen LogP contribution < -0.4 is 20.7 Å². The number of ether oxygens (including phenoxy) is 1. The SMILES string of the molecule is CCCNC(=O)c1sc(N(C)CC2CC2)c(OC)c1N. The van der Waals surface area contributed by atoms with Crippen molar-refractivity contribution in [1.82, 2.24) is 5.32 Å². The number of hydrogen-bond donors (Lipinski definition) is 2. The van der Waals surface area contributed by atoms with Crippen LogP contribution in [0.3, 0.4) is 0 Å². The minimum Gasteiger partial charge on any atom is -0.492 e. The molecule has 0 spiro atoms. The van der Waals surface area contributed by atoms with Crippen molar-refractivity contribution < 1.29 is 9.53 Å². The van der Waals surface area contributed by atoms with Crippen molar-refractivity contribution in [2.24, 2.45) is 5.92 Å². The van der Waals surface area contributed by atoms with Crippen LogP contribution in [0.1, 0.15) is 35.9 Å². The van der Waals surface area contributed by atoms with Crippen molar-refractivity contribution in [3.05, 3.63) is 4.88 Å². The highest BCUT2D eigenvalue weighted by atomic mass is 32.1. The monoisotopic (exact) mass is 297 g/mol. The standard InChI is InChI=1S/C14H23N3O2S/c1-4-7-16-13(18)12-10(15)11(19-3)14(20-12)17(2)8-9-5-6-9/h9H,4-8,15H2,1-3H3,(H,16,18). The zero-order valence-electron chi connectivity index (χ0n) is 12.4. The molecule has 112 valence electrons. The maximum absolute atomic E-state index is 12.1. The molecule has 1 aromatic rings. The van der Waals surface area contributed by atoms with Crippen molar-refractivity contribution in [2.45, 2.75) is 26.2 Å². The average Bonchev–Trinajstić information content (AvgIpc) is 3.17. The van der Waals surface area contributed by atoms with Crippen LogP contribution in [0.25, 0.3) is 0 Å². The number of nitrogen functional groups attached to an aromatic ring is 1. The minimum atomic E-state index is -0.112. The Hall–Kier alpha value is -1.43. The summed E-state index contributed by atoms with van der Waals surface area (Å²) in [5.41, 5.74) is 6.52. The van der Waals surface area contributed by atoms with Gasteiger partial charge in [0.05, 0.1) is 7.11 Å². The molecule has 1 aliphatic rings. The zero-order valence-corrected chi connectivity index (χ0v) is 13.2. The van der Waals surface area contributed by atoms with E-state index in [1.54, 1.807) is 7.11 Å². The second-order valence-electron chi connectivity index (χ2n) is 5.26. The molecule has 0 radical (unpaired) electrons. The highest BCUT2D eigenvalue weighted by molar-refractivity contribution is 7.19. The van der Waals surface area contributed by atoms with E-state index in [4.69, 9.17) is 10.5 Å². The fourth-order valence-electron chi connectivity index (χ4n) is 2.12. The van der Waals surface area contributed by atoms with Crippen LogP contribution in [-0.4, -0.2) is 33.2 Å². The third-order valence-corrected chi connectivity index (χ3v) is 4.70. The molecule has 2 rings (SSSR count). The van der Waals surface area contributed by atoms with Crippen LogP contribution in [0.2, 0.25) is 0 Å². The third kappa shape index (κ3) is 3.17. The van der Waals surface area contributed by atoms with Gasteiger partial charge in [0.25, 0.3) is 5.91 Å². The molecule has 1 fully saturated rings. The van der Waals surface area contributed by atoms with Gasteiger partial charge >= 0.3 is 0 Å². The topological polar surface area (TPSA) is 67.6 Å². The number of nitrogens with two attached hydrogens (primary N) is 1. The number of thiophene rings is 1. The summed E-state index contributed by atoms with van der Waals surface area (Å²) < 4.78 is 5.40. The first-order chi connectivity index (χ1) is 9.58. The van der Waals surface area contributed by atoms with Gasteiger partial charge in [0.2, 0.25) is 0 Å². The first kappa shape index (κ1) is 15.0. The van der Waals surface area contributed by atoms with Gasteiger partial charge in [0.1, 0.15) is 15.6 Å². The number of nitrogens with one attached hydrogen (secondary N) is 1. The highest BCUT2D eigenvalue weighted by Crippen LogP contribution is 2.45. The lowest BCUT2D eigenvalue weighted by Crippen LogP contribution is -2.23. The van der Waals surface area contributed by atoms with Crippen molar-refractivity contribution >= 4 is 27.9 Å². The number of nitrogens with zero attached hydrogens (tertiary/aromatic N) is 1. The molecule has 0 aromatic carbocycles. The number of hydrogen-bond acceptors (Lipinski definition) is 5. The van der Waals surface area contributed by atoms with Gasteiger partial charge in [-0.05, 0) is 25.2 Å². The van der Waals surface area contributed by atoms with E-state index in [1.807, 2.05) is 14.0 Å². The molecule has 1 heterocycles. The Morgan fingerprint density at radius 3 is 2.80 bits per heavy atom. The predicted molar refractivity (Wildman–Crippen MR) is 83.9 cm³/mol. The van der Waals surface area contributed by atoms with Crippen LogP contribution in [0, 0.1) is 5.92 Å². The summed E-state index contributed by atoms with van der Waals surface area (Å²) in [4.78, 5) is 14.8. The molecule has 0 aliphatic heterocycles. The Bertz CT molecular complexity index is 483. The Morgan fingerprint density at radius 2 is 2.25 bits per heavy atom. The Kier molecular flexibility index (Phi) is 4.75. The molecule has 0 unspecified atom stereocenters. The van der Waals surface area contributed by atoms with Gasteiger partial charge in [-0.25, -0.2) is 0 Å². The van der Waals surface area contributed by atoms with Gasteiger partial charge in [-0.2, -0.15) is 0 Å². The summed E-state index contributed by atoms with van der Waals surface area (Å²) in [5.74, 6) is 1.28. The van der Waals surface area contributed by atoms with Crippen molar-refractivity contribution in [3.63, 3.8) is 0 Å². The minimum absolute atomic E-state index is 0.112. The average molecular weight is 297 g/mol. The van der Waals surface area contributed by atoms with Crippen molar-refractivity contribution in [3.8, 4) is 5.75 Å². The molecule has 0 saturated heterocycles. The van der Waals surface area contributed by atoms with E-state index in [0.717, 1.165) is 23.9 Å². The molecule has 1 aliphatic carbocycles. The van der Waals surface area contributed by atoms with E-state index in [0.29, 0.717) is 22.9 Å². The molecular weight excluding hydrogens is 274 g/mol. The van der Waals surface area contributed by atoms with Crippen LogP contribution >= 0.6 is 11.3 Å². The van der Waals surface area contributed by atoms with Gasteiger partial charge < -0.3 is 20.7 Å². The zero-order chi connectivity index (χ0) is 14.7. The quantitative estimate of drug-likeness (QED) is 0.810. The Balaban J connectivity index is 2.20. The summed E-state index contributed by atoms with van der Waals surface area (Å²) >= 11 is 1.41.